The fraction of sp³-hybridized carbons (Fsp3) is 0.333. The van der Waals surface area contributed by atoms with Crippen LogP contribution in [0.3, 0.4) is 0 Å². The predicted octanol–water partition coefficient (Wildman–Crippen LogP) is 1.92. The van der Waals surface area contributed by atoms with E-state index in [0.717, 1.165) is 0 Å². The highest BCUT2D eigenvalue weighted by atomic mass is 35.5. The van der Waals surface area contributed by atoms with Crippen LogP contribution in [0.15, 0.2) is 18.2 Å². The van der Waals surface area contributed by atoms with Crippen LogP contribution >= 0.6 is 11.6 Å². The van der Waals surface area contributed by atoms with Gasteiger partial charge in [-0.25, -0.2) is 0 Å². The van der Waals surface area contributed by atoms with Crippen LogP contribution in [0.4, 0.5) is 0 Å². The first-order chi connectivity index (χ1) is 8.45. The lowest BCUT2D eigenvalue weighted by molar-refractivity contribution is -0.151. The van der Waals surface area contributed by atoms with E-state index in [1.165, 1.54) is 6.07 Å². The van der Waals surface area contributed by atoms with Gasteiger partial charge in [0.1, 0.15) is 11.2 Å². The summed E-state index contributed by atoms with van der Waals surface area (Å²) in [5.41, 5.74) is -1.14. The number of carboxylic acids is 2. The summed E-state index contributed by atoms with van der Waals surface area (Å²) in [6.45, 7) is 0.175. The molecule has 0 amide bonds. The molecule has 96 valence electrons. The first-order valence-corrected chi connectivity index (χ1v) is 5.71. The molecule has 0 saturated heterocycles. The molecule has 1 aromatic carbocycles. The van der Waals surface area contributed by atoms with Crippen LogP contribution in [-0.2, 0) is 15.0 Å². The third-order valence-corrected chi connectivity index (χ3v) is 3.34. The molecule has 0 spiro atoms. The van der Waals surface area contributed by atoms with Crippen LogP contribution < -0.4 is 4.74 Å². The van der Waals surface area contributed by atoms with Gasteiger partial charge in [0.2, 0.25) is 0 Å². The number of hydrogen-bond acceptors (Lipinski definition) is 3. The topological polar surface area (TPSA) is 83.8 Å². The Kier molecular flexibility index (Phi) is 3.17. The zero-order chi connectivity index (χ0) is 13.3. The molecule has 0 bridgehead atoms. The number of fused-ring (bicyclic) bond motifs is 1. The second-order valence-electron chi connectivity index (χ2n) is 4.20. The van der Waals surface area contributed by atoms with Gasteiger partial charge in [0.15, 0.2) is 0 Å². The Labute approximate surface area is 108 Å². The van der Waals surface area contributed by atoms with Crippen LogP contribution in [0.1, 0.15) is 18.4 Å². The molecular formula is C12H11ClO5. The second-order valence-corrected chi connectivity index (χ2v) is 4.63. The van der Waals surface area contributed by atoms with E-state index in [2.05, 4.69) is 0 Å². The largest absolute Gasteiger partial charge is 0.493 e. The van der Waals surface area contributed by atoms with Crippen LogP contribution in [0.2, 0.25) is 5.02 Å². The van der Waals surface area contributed by atoms with Crippen molar-refractivity contribution < 1.29 is 24.5 Å². The Bertz CT molecular complexity index is 513. The van der Waals surface area contributed by atoms with Gasteiger partial charge in [-0.2, -0.15) is 0 Å². The molecule has 1 aliphatic heterocycles. The molecule has 1 aliphatic rings. The number of benzene rings is 1. The van der Waals surface area contributed by atoms with Gasteiger partial charge in [-0.3, -0.25) is 9.59 Å². The molecule has 6 heteroatoms. The molecule has 0 radical (unpaired) electrons. The van der Waals surface area contributed by atoms with E-state index >= 15 is 0 Å². The quantitative estimate of drug-likeness (QED) is 0.877. The van der Waals surface area contributed by atoms with Crippen molar-refractivity contribution in [2.24, 2.45) is 0 Å². The first kappa shape index (κ1) is 12.7. The number of hydrogen-bond donors (Lipinski definition) is 2. The highest BCUT2D eigenvalue weighted by Gasteiger charge is 2.46. The van der Waals surface area contributed by atoms with Gasteiger partial charge in [-0.15, -0.1) is 0 Å². The average molecular weight is 271 g/mol. The van der Waals surface area contributed by atoms with Crippen molar-refractivity contribution in [1.82, 2.24) is 0 Å². The molecule has 0 aliphatic carbocycles. The summed E-state index contributed by atoms with van der Waals surface area (Å²) in [4.78, 5) is 22.5. The van der Waals surface area contributed by atoms with Crippen molar-refractivity contribution in [3.63, 3.8) is 0 Å². The molecule has 1 aromatic rings. The van der Waals surface area contributed by atoms with Crippen LogP contribution in [0, 0.1) is 0 Å². The minimum Gasteiger partial charge on any atom is -0.493 e. The molecule has 1 atom stereocenters. The maximum atomic E-state index is 11.5. The predicted molar refractivity (Wildman–Crippen MR) is 63.1 cm³/mol. The second kappa shape index (κ2) is 4.49. The normalized spacial score (nSPS) is 21.8. The molecule has 1 heterocycles. The molecule has 0 aromatic heterocycles. The summed E-state index contributed by atoms with van der Waals surface area (Å²) in [6.07, 6.45) is -0.374. The summed E-state index contributed by atoms with van der Waals surface area (Å²) >= 11 is 5.85. The molecular weight excluding hydrogens is 260 g/mol. The Balaban J connectivity index is 2.59. The zero-order valence-electron chi connectivity index (χ0n) is 9.35. The number of ether oxygens (including phenoxy) is 1. The van der Waals surface area contributed by atoms with Crippen LogP contribution in [0.25, 0.3) is 0 Å². The molecule has 0 saturated carbocycles. The van der Waals surface area contributed by atoms with Crippen molar-refractivity contribution in [3.8, 4) is 5.75 Å². The summed E-state index contributed by atoms with van der Waals surface area (Å²) in [7, 11) is 0. The minimum absolute atomic E-state index is 0.113. The van der Waals surface area contributed by atoms with Gasteiger partial charge < -0.3 is 14.9 Å². The Morgan fingerprint density at radius 2 is 2.11 bits per heavy atom. The molecule has 0 fully saturated rings. The molecule has 2 rings (SSSR count). The summed E-state index contributed by atoms with van der Waals surface area (Å²) in [5, 5.41) is 18.7. The van der Waals surface area contributed by atoms with Crippen LogP contribution in [-0.4, -0.2) is 28.8 Å². The van der Waals surface area contributed by atoms with E-state index in [9.17, 15) is 14.7 Å². The van der Waals surface area contributed by atoms with Gasteiger partial charge >= 0.3 is 11.9 Å². The maximum Gasteiger partial charge on any atom is 0.314 e. The molecule has 2 N–H and O–H groups in total. The zero-order valence-corrected chi connectivity index (χ0v) is 10.1. The highest BCUT2D eigenvalue weighted by molar-refractivity contribution is 6.30. The van der Waals surface area contributed by atoms with Gasteiger partial charge in [-0.1, -0.05) is 11.6 Å². The van der Waals surface area contributed by atoms with Crippen molar-refractivity contribution in [2.45, 2.75) is 18.3 Å². The third-order valence-electron chi connectivity index (χ3n) is 3.11. The van der Waals surface area contributed by atoms with Gasteiger partial charge in [0, 0.05) is 17.0 Å². The van der Waals surface area contributed by atoms with Crippen LogP contribution in [0.5, 0.6) is 5.75 Å². The fourth-order valence-electron chi connectivity index (χ4n) is 2.21. The SMILES string of the molecule is O=C(O)CC1(C(=O)O)CCOc2ccc(Cl)cc21. The summed E-state index contributed by atoms with van der Waals surface area (Å²) < 4.78 is 5.35. The Hall–Kier alpha value is -1.75. The van der Waals surface area contributed by atoms with Crippen molar-refractivity contribution >= 4 is 23.5 Å². The number of carbonyl (C=O) groups is 2. The Morgan fingerprint density at radius 1 is 1.39 bits per heavy atom. The molecule has 1 unspecified atom stereocenters. The monoisotopic (exact) mass is 270 g/mol. The number of halogens is 1. The number of carboxylic acid groups (broad SMARTS) is 2. The van der Waals surface area contributed by atoms with E-state index in [1.54, 1.807) is 12.1 Å². The Morgan fingerprint density at radius 3 is 2.72 bits per heavy atom. The standard InChI is InChI=1S/C12H11ClO5/c13-7-1-2-9-8(5-7)12(11(16)17,3-4-18-9)6-10(14)15/h1-2,5H,3-4,6H2,(H,14,15)(H,16,17). The summed E-state index contributed by atoms with van der Waals surface area (Å²) in [5.74, 6) is -1.95. The van der Waals surface area contributed by atoms with E-state index in [0.29, 0.717) is 16.3 Å². The highest BCUT2D eigenvalue weighted by Crippen LogP contribution is 2.42. The minimum atomic E-state index is -1.47. The molecule has 18 heavy (non-hydrogen) atoms. The lowest BCUT2D eigenvalue weighted by Gasteiger charge is -2.34. The van der Waals surface area contributed by atoms with E-state index in [4.69, 9.17) is 21.4 Å². The number of rotatable bonds is 3. The smallest absolute Gasteiger partial charge is 0.314 e. The maximum absolute atomic E-state index is 11.5. The van der Waals surface area contributed by atoms with Gasteiger partial charge in [0.05, 0.1) is 13.0 Å². The van der Waals surface area contributed by atoms with E-state index in [-0.39, 0.29) is 13.0 Å². The van der Waals surface area contributed by atoms with E-state index < -0.39 is 23.8 Å². The van der Waals surface area contributed by atoms with Crippen molar-refractivity contribution in [1.29, 1.82) is 0 Å². The first-order valence-electron chi connectivity index (χ1n) is 5.34. The third kappa shape index (κ3) is 2.01. The lowest BCUT2D eigenvalue weighted by Crippen LogP contribution is -2.42. The van der Waals surface area contributed by atoms with Crippen molar-refractivity contribution in [3.05, 3.63) is 28.8 Å². The average Bonchev–Trinajstić information content (AvgIpc) is 2.29. The number of aliphatic carboxylic acids is 2. The van der Waals surface area contributed by atoms with Crippen molar-refractivity contribution in [2.75, 3.05) is 6.61 Å². The van der Waals surface area contributed by atoms with Gasteiger partial charge in [0.25, 0.3) is 0 Å². The molecule has 5 nitrogen and oxygen atoms in total. The van der Waals surface area contributed by atoms with E-state index in [1.807, 2.05) is 0 Å². The van der Waals surface area contributed by atoms with Gasteiger partial charge in [-0.05, 0) is 18.2 Å². The lowest BCUT2D eigenvalue weighted by atomic mass is 9.73. The summed E-state index contributed by atoms with van der Waals surface area (Å²) in [6, 6.07) is 4.61. The fourth-order valence-corrected chi connectivity index (χ4v) is 2.38.